The van der Waals surface area contributed by atoms with Crippen LogP contribution >= 0.6 is 0 Å². The lowest BCUT2D eigenvalue weighted by Gasteiger charge is -2.32. The third-order valence-electron chi connectivity index (χ3n) is 5.74. The van der Waals surface area contributed by atoms with E-state index in [-0.39, 0.29) is 11.9 Å². The maximum atomic E-state index is 13.2. The molecule has 166 valence electrons. The predicted molar refractivity (Wildman–Crippen MR) is 115 cm³/mol. The van der Waals surface area contributed by atoms with E-state index < -0.39 is 11.7 Å². The highest BCUT2D eigenvalue weighted by atomic mass is 19.4. The van der Waals surface area contributed by atoms with Crippen molar-refractivity contribution >= 4 is 0 Å². The van der Waals surface area contributed by atoms with Crippen LogP contribution in [0.3, 0.4) is 0 Å². The largest absolute Gasteiger partial charge is 0.416 e. The minimum Gasteiger partial charge on any atom is -0.346 e. The van der Waals surface area contributed by atoms with Gasteiger partial charge in [-0.25, -0.2) is 4.39 Å². The Morgan fingerprint density at radius 2 is 1.58 bits per heavy atom. The van der Waals surface area contributed by atoms with Crippen molar-refractivity contribution in [2.45, 2.75) is 52.6 Å². The molecule has 2 aromatic carbocycles. The molecule has 0 spiro atoms. The molecule has 3 aromatic rings. The van der Waals surface area contributed by atoms with Crippen molar-refractivity contribution in [3.8, 4) is 0 Å². The second-order valence-corrected chi connectivity index (χ2v) is 8.34. The molecular weight excluding hydrogens is 404 g/mol. The number of halogens is 4. The molecule has 0 N–H and O–H groups in total. The zero-order valence-corrected chi connectivity index (χ0v) is 18.0. The van der Waals surface area contributed by atoms with Crippen LogP contribution < -0.4 is 0 Å². The van der Waals surface area contributed by atoms with Crippen molar-refractivity contribution in [3.63, 3.8) is 0 Å². The number of nitrogens with zero attached hydrogens (tertiary/aromatic N) is 2. The van der Waals surface area contributed by atoms with Gasteiger partial charge in [-0.3, -0.25) is 4.90 Å². The molecule has 1 aromatic heterocycles. The summed E-state index contributed by atoms with van der Waals surface area (Å²) >= 11 is 0. The Morgan fingerprint density at radius 1 is 0.871 bits per heavy atom. The van der Waals surface area contributed by atoms with Gasteiger partial charge in [0.05, 0.1) is 5.56 Å². The molecule has 2 nitrogen and oxygen atoms in total. The summed E-state index contributed by atoms with van der Waals surface area (Å²) in [7, 11) is 0. The molecule has 3 rings (SSSR count). The van der Waals surface area contributed by atoms with Crippen LogP contribution in [0.4, 0.5) is 17.6 Å². The maximum absolute atomic E-state index is 13.2. The van der Waals surface area contributed by atoms with Crippen molar-refractivity contribution in [3.05, 3.63) is 95.1 Å². The highest BCUT2D eigenvalue weighted by Gasteiger charge is 2.30. The van der Waals surface area contributed by atoms with Gasteiger partial charge >= 0.3 is 6.18 Å². The molecule has 0 saturated heterocycles. The van der Waals surface area contributed by atoms with Crippen LogP contribution in [0.5, 0.6) is 0 Å². The second-order valence-electron chi connectivity index (χ2n) is 8.34. The number of aromatic nitrogens is 1. The van der Waals surface area contributed by atoms with E-state index in [1.54, 1.807) is 18.2 Å². The minimum atomic E-state index is -4.35. The van der Waals surface area contributed by atoms with Crippen LogP contribution in [0, 0.1) is 11.7 Å². The fraction of sp³-hybridized carbons (Fsp3) is 0.360. The fourth-order valence-electron chi connectivity index (χ4n) is 3.59. The first-order chi connectivity index (χ1) is 14.6. The fourth-order valence-corrected chi connectivity index (χ4v) is 3.59. The number of alkyl halides is 3. The predicted octanol–water partition coefficient (Wildman–Crippen LogP) is 6.74. The molecule has 0 bridgehead atoms. The molecule has 0 fully saturated rings. The zero-order valence-electron chi connectivity index (χ0n) is 18.0. The standard InChI is InChI=1S/C25H28F4N2/c1-18(2)19(3)31(16-21-6-4-7-22(14-21)25(27,28)29)17-24-8-5-13-30(24)15-20-9-11-23(26)12-10-20/h4-14,18-19H,15-17H2,1-3H3/t19-/m0/s1. The Kier molecular flexibility index (Phi) is 7.21. The molecule has 0 saturated carbocycles. The number of rotatable bonds is 8. The summed E-state index contributed by atoms with van der Waals surface area (Å²) in [5.41, 5.74) is 2.06. The summed E-state index contributed by atoms with van der Waals surface area (Å²) in [5.74, 6) is 0.0702. The third kappa shape index (κ3) is 6.20. The second kappa shape index (κ2) is 9.69. The first-order valence-electron chi connectivity index (χ1n) is 10.4. The third-order valence-corrected chi connectivity index (χ3v) is 5.74. The lowest BCUT2D eigenvalue weighted by atomic mass is 10.0. The molecule has 0 aliphatic carbocycles. The first kappa shape index (κ1) is 23.1. The van der Waals surface area contributed by atoms with Gasteiger partial charge in [-0.1, -0.05) is 44.2 Å². The van der Waals surface area contributed by atoms with Crippen LogP contribution in [0.1, 0.15) is 43.2 Å². The molecule has 0 amide bonds. The Labute approximate surface area is 181 Å². The average molecular weight is 433 g/mol. The van der Waals surface area contributed by atoms with Gasteiger partial charge < -0.3 is 4.57 Å². The Morgan fingerprint density at radius 3 is 2.23 bits per heavy atom. The Balaban J connectivity index is 1.81. The molecule has 0 unspecified atom stereocenters. The summed E-state index contributed by atoms with van der Waals surface area (Å²) in [6.45, 7) is 7.96. The van der Waals surface area contributed by atoms with Crippen LogP contribution in [-0.2, 0) is 25.8 Å². The van der Waals surface area contributed by atoms with E-state index in [9.17, 15) is 17.6 Å². The topological polar surface area (TPSA) is 8.17 Å². The summed E-state index contributed by atoms with van der Waals surface area (Å²) in [6, 6.07) is 16.1. The molecule has 31 heavy (non-hydrogen) atoms. The van der Waals surface area contributed by atoms with Crippen LogP contribution in [-0.4, -0.2) is 15.5 Å². The monoisotopic (exact) mass is 432 g/mol. The molecular formula is C25H28F4N2. The highest BCUT2D eigenvalue weighted by Crippen LogP contribution is 2.30. The lowest BCUT2D eigenvalue weighted by molar-refractivity contribution is -0.137. The van der Waals surface area contributed by atoms with Crippen LogP contribution in [0.25, 0.3) is 0 Å². The number of hydrogen-bond acceptors (Lipinski definition) is 1. The van der Waals surface area contributed by atoms with Gasteiger partial charge in [-0.15, -0.1) is 0 Å². The first-order valence-corrected chi connectivity index (χ1v) is 10.4. The average Bonchev–Trinajstić information content (AvgIpc) is 3.14. The number of hydrogen-bond donors (Lipinski definition) is 0. The quantitative estimate of drug-likeness (QED) is 0.358. The summed E-state index contributed by atoms with van der Waals surface area (Å²) in [4.78, 5) is 2.21. The highest BCUT2D eigenvalue weighted by molar-refractivity contribution is 5.26. The molecule has 1 atom stereocenters. The molecule has 1 heterocycles. The maximum Gasteiger partial charge on any atom is 0.416 e. The minimum absolute atomic E-state index is 0.170. The Bertz CT molecular complexity index is 974. The smallest absolute Gasteiger partial charge is 0.346 e. The van der Waals surface area contributed by atoms with E-state index in [1.807, 2.05) is 18.3 Å². The van der Waals surface area contributed by atoms with E-state index >= 15 is 0 Å². The zero-order chi connectivity index (χ0) is 22.6. The van der Waals surface area contributed by atoms with E-state index in [0.29, 0.717) is 31.1 Å². The van der Waals surface area contributed by atoms with Crippen LogP contribution in [0.15, 0.2) is 66.9 Å². The van der Waals surface area contributed by atoms with Crippen molar-refractivity contribution in [1.82, 2.24) is 9.47 Å². The van der Waals surface area contributed by atoms with E-state index in [2.05, 4.69) is 30.2 Å². The molecule has 6 heteroatoms. The molecule has 0 aliphatic heterocycles. The summed E-state index contributed by atoms with van der Waals surface area (Å²) in [6.07, 6.45) is -2.38. The van der Waals surface area contributed by atoms with E-state index in [4.69, 9.17) is 0 Å². The van der Waals surface area contributed by atoms with E-state index in [1.165, 1.54) is 24.3 Å². The van der Waals surface area contributed by atoms with Gasteiger partial charge in [0.25, 0.3) is 0 Å². The van der Waals surface area contributed by atoms with Gasteiger partial charge in [0, 0.05) is 37.6 Å². The summed E-state index contributed by atoms with van der Waals surface area (Å²) < 4.78 is 54.7. The van der Waals surface area contributed by atoms with Crippen molar-refractivity contribution < 1.29 is 17.6 Å². The van der Waals surface area contributed by atoms with Gasteiger partial charge in [-0.05, 0) is 54.3 Å². The number of benzene rings is 2. The van der Waals surface area contributed by atoms with Gasteiger partial charge in [0.15, 0.2) is 0 Å². The molecule has 0 aliphatic rings. The van der Waals surface area contributed by atoms with Crippen LogP contribution in [0.2, 0.25) is 0 Å². The normalized spacial score (nSPS) is 13.2. The van der Waals surface area contributed by atoms with Gasteiger partial charge in [-0.2, -0.15) is 13.2 Å². The lowest BCUT2D eigenvalue weighted by Crippen LogP contribution is -2.36. The van der Waals surface area contributed by atoms with Gasteiger partial charge in [0.2, 0.25) is 0 Å². The SMILES string of the molecule is CC(C)[C@H](C)N(Cc1cccc(C(F)(F)F)c1)Cc1cccn1Cc1ccc(F)cc1. The van der Waals surface area contributed by atoms with E-state index in [0.717, 1.165) is 17.3 Å². The van der Waals surface area contributed by atoms with Crippen molar-refractivity contribution in [1.29, 1.82) is 0 Å². The molecule has 0 radical (unpaired) electrons. The Hall–Kier alpha value is -2.60. The summed E-state index contributed by atoms with van der Waals surface area (Å²) in [5, 5.41) is 0. The van der Waals surface area contributed by atoms with Gasteiger partial charge in [0.1, 0.15) is 5.82 Å². The van der Waals surface area contributed by atoms with Crippen molar-refractivity contribution in [2.24, 2.45) is 5.92 Å². The van der Waals surface area contributed by atoms with Crippen molar-refractivity contribution in [2.75, 3.05) is 0 Å².